The van der Waals surface area contributed by atoms with Crippen molar-refractivity contribution in [3.05, 3.63) is 72.3 Å². The number of morpholine rings is 1. The summed E-state index contributed by atoms with van der Waals surface area (Å²) in [7, 11) is 4.17. The van der Waals surface area contributed by atoms with E-state index in [1.807, 2.05) is 36.4 Å². The number of likely N-dealkylation sites (N-methyl/N-ethyl adjacent to an activating group) is 1. The van der Waals surface area contributed by atoms with Crippen LogP contribution in [0.15, 0.2) is 66.7 Å². The summed E-state index contributed by atoms with van der Waals surface area (Å²) in [5, 5.41) is 8.72. The summed E-state index contributed by atoms with van der Waals surface area (Å²) in [5.41, 5.74) is 5.94. The van der Waals surface area contributed by atoms with E-state index < -0.39 is 0 Å². The van der Waals surface area contributed by atoms with Gasteiger partial charge >= 0.3 is 0 Å². The van der Waals surface area contributed by atoms with Crippen LogP contribution in [0.3, 0.4) is 0 Å². The Balaban J connectivity index is 1.23. The number of nitrogens with one attached hydrogen (secondary N) is 2. The topological polar surface area (TPSA) is 82.3 Å². The summed E-state index contributed by atoms with van der Waals surface area (Å²) >= 11 is 0. The number of imidazole rings is 1. The Morgan fingerprint density at radius 2 is 1.92 bits per heavy atom. The van der Waals surface area contributed by atoms with Gasteiger partial charge in [-0.25, -0.2) is 4.98 Å². The standard InChI is InChI=1S/C29H32N6O2/c1-19-17-36-23(15-34(2)3)16-35(19)21-9-12-25-27(13-21)31-29(30-25)28-24-11-10-22(14-26(24)32-33-28)37-18-20-7-5-4-6-8-20/h4-14,19,23H,15-18H2,1-3H3,(H,30,31)(H,32,33). The number of nitrogens with zero attached hydrogens (tertiary/aromatic N) is 4. The van der Waals surface area contributed by atoms with Crippen LogP contribution in [0, 0.1) is 0 Å². The molecule has 190 valence electrons. The first kappa shape index (κ1) is 23.5. The molecule has 8 heteroatoms. The van der Waals surface area contributed by atoms with Gasteiger partial charge in [0.15, 0.2) is 5.82 Å². The zero-order valence-corrected chi connectivity index (χ0v) is 21.4. The van der Waals surface area contributed by atoms with Crippen LogP contribution in [0.25, 0.3) is 33.5 Å². The fourth-order valence-electron chi connectivity index (χ4n) is 4.99. The number of aromatic amines is 2. The maximum Gasteiger partial charge on any atom is 0.159 e. The fraction of sp³-hybridized carbons (Fsp3) is 0.310. The highest BCUT2D eigenvalue weighted by atomic mass is 16.5. The monoisotopic (exact) mass is 496 g/mol. The van der Waals surface area contributed by atoms with E-state index in [-0.39, 0.29) is 6.10 Å². The molecule has 8 nitrogen and oxygen atoms in total. The predicted molar refractivity (Wildman–Crippen MR) is 147 cm³/mol. The lowest BCUT2D eigenvalue weighted by Crippen LogP contribution is -2.51. The Hall–Kier alpha value is -3.88. The molecule has 0 aliphatic carbocycles. The Kier molecular flexibility index (Phi) is 6.28. The Morgan fingerprint density at radius 3 is 2.76 bits per heavy atom. The Bertz CT molecular complexity index is 1510. The van der Waals surface area contributed by atoms with Crippen molar-refractivity contribution in [2.24, 2.45) is 0 Å². The van der Waals surface area contributed by atoms with Crippen LogP contribution in [0.5, 0.6) is 5.75 Å². The summed E-state index contributed by atoms with van der Waals surface area (Å²) < 4.78 is 12.0. The van der Waals surface area contributed by atoms with Gasteiger partial charge in [-0.2, -0.15) is 5.10 Å². The molecule has 1 saturated heterocycles. The lowest BCUT2D eigenvalue weighted by Gasteiger charge is -2.40. The molecule has 3 aromatic carbocycles. The molecule has 1 aliphatic rings. The maximum atomic E-state index is 6.06. The number of fused-ring (bicyclic) bond motifs is 2. The highest BCUT2D eigenvalue weighted by Crippen LogP contribution is 2.31. The van der Waals surface area contributed by atoms with Gasteiger partial charge in [0.1, 0.15) is 18.1 Å². The molecule has 0 radical (unpaired) electrons. The Morgan fingerprint density at radius 1 is 1.05 bits per heavy atom. The van der Waals surface area contributed by atoms with Crippen LogP contribution in [0.1, 0.15) is 12.5 Å². The SMILES string of the molecule is CC1COC(CN(C)C)CN1c1ccc2nc(-c3n[nH]c4cc(OCc5ccccc5)ccc34)[nH]c2c1. The molecule has 3 heterocycles. The van der Waals surface area contributed by atoms with Crippen molar-refractivity contribution in [3.8, 4) is 17.3 Å². The van der Waals surface area contributed by atoms with Gasteiger partial charge in [-0.3, -0.25) is 5.10 Å². The van der Waals surface area contributed by atoms with Crippen molar-refractivity contribution in [2.45, 2.75) is 25.7 Å². The number of anilines is 1. The van der Waals surface area contributed by atoms with E-state index in [2.05, 4.69) is 76.3 Å². The van der Waals surface area contributed by atoms with Crippen LogP contribution in [-0.4, -0.2) is 71.0 Å². The van der Waals surface area contributed by atoms with Crippen LogP contribution < -0.4 is 9.64 Å². The summed E-state index contributed by atoms with van der Waals surface area (Å²) in [6, 6.07) is 22.9. The molecule has 1 fully saturated rings. The third-order valence-electron chi connectivity index (χ3n) is 6.88. The average molecular weight is 497 g/mol. The second-order valence-electron chi connectivity index (χ2n) is 10.1. The number of ether oxygens (including phenoxy) is 2. The average Bonchev–Trinajstić information content (AvgIpc) is 3.52. The van der Waals surface area contributed by atoms with Crippen LogP contribution >= 0.6 is 0 Å². The Labute approximate surface area is 216 Å². The molecule has 0 spiro atoms. The number of rotatable bonds is 7. The summed E-state index contributed by atoms with van der Waals surface area (Å²) in [6.07, 6.45) is 0.191. The van der Waals surface area contributed by atoms with Crippen molar-refractivity contribution in [3.63, 3.8) is 0 Å². The maximum absolute atomic E-state index is 6.06. The number of hydrogen-bond acceptors (Lipinski definition) is 6. The number of aromatic nitrogens is 4. The second kappa shape index (κ2) is 9.88. The van der Waals surface area contributed by atoms with E-state index in [1.165, 1.54) is 5.69 Å². The van der Waals surface area contributed by atoms with E-state index >= 15 is 0 Å². The molecular formula is C29H32N6O2. The third kappa shape index (κ3) is 4.90. The van der Waals surface area contributed by atoms with Gasteiger partial charge in [0.2, 0.25) is 0 Å². The van der Waals surface area contributed by atoms with Gasteiger partial charge in [0.05, 0.1) is 29.3 Å². The molecule has 2 N–H and O–H groups in total. The van der Waals surface area contributed by atoms with E-state index in [1.54, 1.807) is 0 Å². The zero-order valence-electron chi connectivity index (χ0n) is 21.4. The quantitative estimate of drug-likeness (QED) is 0.336. The zero-order chi connectivity index (χ0) is 25.4. The first-order chi connectivity index (χ1) is 18.0. The molecule has 0 amide bonds. The normalized spacial score (nSPS) is 18.2. The van der Waals surface area contributed by atoms with E-state index in [9.17, 15) is 0 Å². The highest BCUT2D eigenvalue weighted by molar-refractivity contribution is 5.94. The smallest absolute Gasteiger partial charge is 0.159 e. The summed E-state index contributed by atoms with van der Waals surface area (Å²) in [4.78, 5) is 12.9. The number of H-pyrrole nitrogens is 2. The van der Waals surface area contributed by atoms with Crippen molar-refractivity contribution in [2.75, 3.05) is 38.7 Å². The molecule has 2 unspecified atom stereocenters. The number of benzene rings is 3. The van der Waals surface area contributed by atoms with Gasteiger partial charge in [-0.05, 0) is 56.9 Å². The van der Waals surface area contributed by atoms with Gasteiger partial charge in [0.25, 0.3) is 0 Å². The largest absolute Gasteiger partial charge is 0.489 e. The number of hydrogen-bond donors (Lipinski definition) is 2. The molecule has 0 saturated carbocycles. The molecule has 6 rings (SSSR count). The first-order valence-corrected chi connectivity index (χ1v) is 12.7. The molecule has 5 aromatic rings. The second-order valence-corrected chi connectivity index (χ2v) is 10.1. The molecule has 2 aromatic heterocycles. The first-order valence-electron chi connectivity index (χ1n) is 12.7. The molecular weight excluding hydrogens is 464 g/mol. The lowest BCUT2D eigenvalue weighted by atomic mass is 10.1. The van der Waals surface area contributed by atoms with E-state index in [0.717, 1.165) is 64.5 Å². The van der Waals surface area contributed by atoms with Crippen molar-refractivity contribution < 1.29 is 9.47 Å². The van der Waals surface area contributed by atoms with Gasteiger partial charge in [-0.1, -0.05) is 30.3 Å². The highest BCUT2D eigenvalue weighted by Gasteiger charge is 2.27. The molecule has 0 bridgehead atoms. The molecule has 37 heavy (non-hydrogen) atoms. The van der Waals surface area contributed by atoms with Crippen molar-refractivity contribution in [1.82, 2.24) is 25.1 Å². The summed E-state index contributed by atoms with van der Waals surface area (Å²) in [5.74, 6) is 1.55. The van der Waals surface area contributed by atoms with Crippen LogP contribution in [0.4, 0.5) is 5.69 Å². The molecule has 2 atom stereocenters. The lowest BCUT2D eigenvalue weighted by molar-refractivity contribution is 0.00880. The third-order valence-corrected chi connectivity index (χ3v) is 6.88. The predicted octanol–water partition coefficient (Wildman–Crippen LogP) is 4.84. The molecule has 1 aliphatic heterocycles. The van der Waals surface area contributed by atoms with Gasteiger partial charge in [0, 0.05) is 36.3 Å². The van der Waals surface area contributed by atoms with Gasteiger partial charge < -0.3 is 24.3 Å². The minimum absolute atomic E-state index is 0.191. The van der Waals surface area contributed by atoms with Crippen molar-refractivity contribution in [1.29, 1.82) is 0 Å². The fourth-order valence-corrected chi connectivity index (χ4v) is 4.99. The van der Waals surface area contributed by atoms with Crippen molar-refractivity contribution >= 4 is 27.6 Å². The van der Waals surface area contributed by atoms with E-state index in [4.69, 9.17) is 14.5 Å². The van der Waals surface area contributed by atoms with Gasteiger partial charge in [-0.15, -0.1) is 0 Å². The van der Waals surface area contributed by atoms with Crippen LogP contribution in [0.2, 0.25) is 0 Å². The summed E-state index contributed by atoms with van der Waals surface area (Å²) in [6.45, 7) is 5.23. The van der Waals surface area contributed by atoms with E-state index in [0.29, 0.717) is 12.6 Å². The minimum Gasteiger partial charge on any atom is -0.489 e. The van der Waals surface area contributed by atoms with Crippen LogP contribution in [-0.2, 0) is 11.3 Å². The minimum atomic E-state index is 0.191.